The summed E-state index contributed by atoms with van der Waals surface area (Å²) >= 11 is 0. The lowest BCUT2D eigenvalue weighted by atomic mass is 9.32. The Hall–Kier alpha value is -3.94. The molecule has 0 saturated heterocycles. The Kier molecular flexibility index (Phi) is 9.49. The summed E-state index contributed by atoms with van der Waals surface area (Å²) in [6.45, 7) is 19.0. The fraction of sp³-hybridized carbons (Fsp3) is 0.609. The van der Waals surface area contributed by atoms with Gasteiger partial charge in [0.05, 0.1) is 29.7 Å². The molecule has 5 fully saturated rings. The summed E-state index contributed by atoms with van der Waals surface area (Å²) in [6, 6.07) is 12.2. The van der Waals surface area contributed by atoms with Gasteiger partial charge in [-0.25, -0.2) is 9.59 Å². The summed E-state index contributed by atoms with van der Waals surface area (Å²) in [7, 11) is 0. The standard InChI is InChI=1S/C46H58O8/c1-27(2)28-18-23-46(26-53-40(51)31-14-10-8-12-29(31)38(47)48)25-24-44(6)33(37(28)46)16-17-35-43(5)21-20-36(42(3,4)34(43)19-22-45(35,44)7)54-41(52)32-15-11-9-13-30(32)39(49)50/h8-15,28,33-37H,1,16-26H2,2-7H3,(H,47,48)(H,49,50)/p-2/t28-,33?,34?,35+,36-,37-,43-,44+,45+,46+/m0/s1. The molecule has 7 rings (SSSR count). The minimum Gasteiger partial charge on any atom is -0.545 e. The number of allylic oxidation sites excluding steroid dienone is 1. The summed E-state index contributed by atoms with van der Waals surface area (Å²) < 4.78 is 12.3. The molecule has 8 heteroatoms. The first-order valence-corrected chi connectivity index (χ1v) is 20.1. The third-order valence-electron chi connectivity index (χ3n) is 16.7. The van der Waals surface area contributed by atoms with Crippen LogP contribution in [0, 0.1) is 56.7 Å². The van der Waals surface area contributed by atoms with Gasteiger partial charge in [0.25, 0.3) is 0 Å². The van der Waals surface area contributed by atoms with E-state index in [4.69, 9.17) is 9.47 Å². The number of rotatable bonds is 8. The Labute approximate surface area is 320 Å². The second-order valence-corrected chi connectivity index (χ2v) is 19.0. The highest BCUT2D eigenvalue weighted by atomic mass is 16.5. The molecule has 2 unspecified atom stereocenters. The summed E-state index contributed by atoms with van der Waals surface area (Å²) in [6.07, 6.45) is 9.60. The van der Waals surface area contributed by atoms with Crippen LogP contribution < -0.4 is 10.2 Å². The zero-order valence-corrected chi connectivity index (χ0v) is 32.8. The maximum atomic E-state index is 13.5. The van der Waals surface area contributed by atoms with Crippen LogP contribution in [-0.2, 0) is 9.47 Å². The van der Waals surface area contributed by atoms with Crippen LogP contribution in [0.3, 0.4) is 0 Å². The smallest absolute Gasteiger partial charge is 0.339 e. The number of fused-ring (bicyclic) bond motifs is 7. The molecule has 8 nitrogen and oxygen atoms in total. The van der Waals surface area contributed by atoms with Crippen LogP contribution in [0.5, 0.6) is 0 Å². The van der Waals surface area contributed by atoms with Crippen molar-refractivity contribution in [3.8, 4) is 0 Å². The van der Waals surface area contributed by atoms with Crippen LogP contribution in [-0.4, -0.2) is 36.6 Å². The van der Waals surface area contributed by atoms with E-state index in [1.807, 2.05) is 0 Å². The summed E-state index contributed by atoms with van der Waals surface area (Å²) in [5, 5.41) is 23.6. The molecule has 5 saturated carbocycles. The lowest BCUT2D eigenvalue weighted by Crippen LogP contribution is -2.67. The minimum absolute atomic E-state index is 0.0355. The number of carbonyl (C=O) groups is 4. The van der Waals surface area contributed by atoms with Crippen molar-refractivity contribution in [3.05, 3.63) is 82.9 Å². The molecule has 0 aliphatic heterocycles. The van der Waals surface area contributed by atoms with Gasteiger partial charge in [-0.05, 0) is 129 Å². The van der Waals surface area contributed by atoms with Crippen molar-refractivity contribution in [1.82, 2.24) is 0 Å². The van der Waals surface area contributed by atoms with Crippen LogP contribution in [0.15, 0.2) is 60.7 Å². The van der Waals surface area contributed by atoms with Gasteiger partial charge >= 0.3 is 11.9 Å². The average molecular weight is 737 g/mol. The predicted octanol–water partition coefficient (Wildman–Crippen LogP) is 7.45. The van der Waals surface area contributed by atoms with Crippen molar-refractivity contribution in [3.63, 3.8) is 0 Å². The van der Waals surface area contributed by atoms with Crippen molar-refractivity contribution >= 4 is 23.9 Å². The Bertz CT molecular complexity index is 1880. The fourth-order valence-electron chi connectivity index (χ4n) is 13.9. The van der Waals surface area contributed by atoms with Crippen molar-refractivity contribution in [2.24, 2.45) is 56.7 Å². The number of carboxylic acid groups (broad SMARTS) is 2. The number of carbonyl (C=O) groups excluding carboxylic acids is 4. The summed E-state index contributed by atoms with van der Waals surface area (Å²) in [5.74, 6) is -2.10. The van der Waals surface area contributed by atoms with Gasteiger partial charge in [-0.3, -0.25) is 0 Å². The highest BCUT2D eigenvalue weighted by Crippen LogP contribution is 2.77. The summed E-state index contributed by atoms with van der Waals surface area (Å²) in [4.78, 5) is 50.5. The number of hydrogen-bond donors (Lipinski definition) is 0. The second kappa shape index (κ2) is 13.4. The van der Waals surface area contributed by atoms with Crippen LogP contribution in [0.25, 0.3) is 0 Å². The maximum Gasteiger partial charge on any atom is 0.339 e. The van der Waals surface area contributed by atoms with E-state index in [2.05, 4.69) is 48.1 Å². The largest absolute Gasteiger partial charge is 0.545 e. The predicted molar refractivity (Wildman–Crippen MR) is 200 cm³/mol. The van der Waals surface area contributed by atoms with Gasteiger partial charge in [0.1, 0.15) is 6.10 Å². The molecule has 0 heterocycles. The van der Waals surface area contributed by atoms with Gasteiger partial charge in [0.15, 0.2) is 0 Å². The zero-order valence-electron chi connectivity index (χ0n) is 32.8. The molecule has 2 aromatic carbocycles. The molecule has 0 radical (unpaired) electrons. The average Bonchev–Trinajstić information content (AvgIpc) is 3.52. The third kappa shape index (κ3) is 5.67. The Morgan fingerprint density at radius 1 is 0.685 bits per heavy atom. The van der Waals surface area contributed by atoms with E-state index >= 15 is 0 Å². The molecular formula is C46H56O8-2. The molecule has 0 N–H and O–H groups in total. The highest BCUT2D eigenvalue weighted by Gasteiger charge is 2.71. The topological polar surface area (TPSA) is 133 Å². The lowest BCUT2D eigenvalue weighted by Gasteiger charge is -2.73. The third-order valence-corrected chi connectivity index (χ3v) is 16.7. The van der Waals surface area contributed by atoms with Crippen molar-refractivity contribution in [2.75, 3.05) is 6.61 Å². The Morgan fingerprint density at radius 3 is 1.87 bits per heavy atom. The van der Waals surface area contributed by atoms with Crippen LogP contribution in [0.2, 0.25) is 0 Å². The fourth-order valence-corrected chi connectivity index (χ4v) is 13.9. The minimum atomic E-state index is -1.39. The monoisotopic (exact) mass is 736 g/mol. The van der Waals surface area contributed by atoms with Crippen LogP contribution >= 0.6 is 0 Å². The van der Waals surface area contributed by atoms with Crippen molar-refractivity contribution < 1.29 is 38.9 Å². The maximum absolute atomic E-state index is 13.5. The van der Waals surface area contributed by atoms with Crippen molar-refractivity contribution in [2.45, 2.75) is 112 Å². The van der Waals surface area contributed by atoms with E-state index in [1.165, 1.54) is 29.8 Å². The number of carboxylic acids is 2. The van der Waals surface area contributed by atoms with E-state index < -0.39 is 23.9 Å². The molecule has 54 heavy (non-hydrogen) atoms. The normalized spacial score (nSPS) is 37.7. The van der Waals surface area contributed by atoms with Gasteiger partial charge < -0.3 is 29.3 Å². The van der Waals surface area contributed by atoms with E-state index in [0.717, 1.165) is 64.2 Å². The first-order valence-electron chi connectivity index (χ1n) is 20.1. The van der Waals surface area contributed by atoms with Gasteiger partial charge in [0.2, 0.25) is 0 Å². The lowest BCUT2D eigenvalue weighted by molar-refractivity contribution is -0.256. The number of benzene rings is 2. The van der Waals surface area contributed by atoms with E-state index in [-0.39, 0.29) is 62.0 Å². The molecule has 5 aliphatic carbocycles. The molecule has 0 amide bonds. The van der Waals surface area contributed by atoms with E-state index in [9.17, 15) is 29.4 Å². The SMILES string of the molecule is C=C(C)[C@@H]1CC[C@]2(COC(=O)c3ccccc3C(=O)[O-])CC[C@]3(C)C(CC[C@@H]4[C@@]5(C)CC[C@H](OC(=O)c6ccccc6C(=O)[O-])C(C)(C)C5CC[C@]43C)[C@H]12. The Balaban J connectivity index is 1.14. The molecule has 0 bridgehead atoms. The number of hydrogen-bond acceptors (Lipinski definition) is 8. The molecule has 10 atom stereocenters. The zero-order chi connectivity index (χ0) is 39.0. The second-order valence-electron chi connectivity index (χ2n) is 19.0. The number of esters is 2. The van der Waals surface area contributed by atoms with Gasteiger partial charge in [-0.1, -0.05) is 83.2 Å². The molecule has 2 aromatic rings. The first-order chi connectivity index (χ1) is 25.4. The van der Waals surface area contributed by atoms with Gasteiger partial charge in [0, 0.05) is 22.0 Å². The molecule has 5 aliphatic rings. The number of aromatic carboxylic acids is 2. The van der Waals surface area contributed by atoms with Crippen molar-refractivity contribution in [1.29, 1.82) is 0 Å². The van der Waals surface area contributed by atoms with Gasteiger partial charge in [-0.2, -0.15) is 0 Å². The molecule has 0 spiro atoms. The van der Waals surface area contributed by atoms with E-state index in [1.54, 1.807) is 24.3 Å². The first kappa shape index (κ1) is 38.3. The Morgan fingerprint density at radius 2 is 1.28 bits per heavy atom. The quantitative estimate of drug-likeness (QED) is 0.202. The molecular weight excluding hydrogens is 680 g/mol. The highest BCUT2D eigenvalue weighted by molar-refractivity contribution is 6.02. The van der Waals surface area contributed by atoms with Crippen LogP contribution in [0.1, 0.15) is 147 Å². The number of ether oxygens (including phenoxy) is 2. The van der Waals surface area contributed by atoms with Crippen LogP contribution in [0.4, 0.5) is 0 Å². The molecule has 290 valence electrons. The summed E-state index contributed by atoms with van der Waals surface area (Å²) in [5.41, 5.74) is 0.644. The van der Waals surface area contributed by atoms with Gasteiger partial charge in [-0.15, -0.1) is 0 Å². The molecule has 0 aromatic heterocycles. The van der Waals surface area contributed by atoms with E-state index in [0.29, 0.717) is 29.6 Å².